The summed E-state index contributed by atoms with van der Waals surface area (Å²) in [6, 6.07) is 0. The third-order valence-electron chi connectivity index (χ3n) is 3.36. The number of anilines is 1. The zero-order valence-corrected chi connectivity index (χ0v) is 12.7. The molecule has 0 bridgehead atoms. The quantitative estimate of drug-likeness (QED) is 0.832. The molecule has 1 aromatic heterocycles. The highest BCUT2D eigenvalue weighted by atomic mass is 32.1. The molecule has 0 saturated carbocycles. The fourth-order valence-electron chi connectivity index (χ4n) is 2.48. The van der Waals surface area contributed by atoms with E-state index in [2.05, 4.69) is 27.3 Å². The highest BCUT2D eigenvalue weighted by Crippen LogP contribution is 2.21. The van der Waals surface area contributed by atoms with Gasteiger partial charge in [0.15, 0.2) is 0 Å². The molecule has 1 fully saturated rings. The Bertz CT molecular complexity index is 369. The predicted molar refractivity (Wildman–Crippen MR) is 78.6 cm³/mol. The van der Waals surface area contributed by atoms with Gasteiger partial charge in [0.25, 0.3) is 0 Å². The molecule has 108 valence electrons. The molecule has 2 rings (SSSR count). The van der Waals surface area contributed by atoms with Gasteiger partial charge in [-0.2, -0.15) is 0 Å². The number of likely N-dealkylation sites (tertiary alicyclic amines) is 1. The van der Waals surface area contributed by atoms with E-state index < -0.39 is 0 Å². The van der Waals surface area contributed by atoms with E-state index in [0.717, 1.165) is 49.3 Å². The lowest BCUT2D eigenvalue weighted by Crippen LogP contribution is -2.36. The number of aromatic nitrogens is 2. The minimum Gasteiger partial charge on any atom is -0.384 e. The molecule has 1 aromatic rings. The lowest BCUT2D eigenvalue weighted by molar-refractivity contribution is 0.0872. The van der Waals surface area contributed by atoms with Gasteiger partial charge in [-0.3, -0.25) is 4.90 Å². The van der Waals surface area contributed by atoms with Crippen molar-refractivity contribution in [3.8, 4) is 0 Å². The van der Waals surface area contributed by atoms with Crippen LogP contribution in [0.5, 0.6) is 0 Å². The third kappa shape index (κ3) is 4.71. The second kappa shape index (κ2) is 7.77. The summed E-state index contributed by atoms with van der Waals surface area (Å²) in [7, 11) is 1.79. The van der Waals surface area contributed by atoms with E-state index in [9.17, 15) is 0 Å². The number of rotatable bonds is 7. The zero-order valence-electron chi connectivity index (χ0n) is 11.9. The van der Waals surface area contributed by atoms with Gasteiger partial charge >= 0.3 is 0 Å². The molecule has 2 heterocycles. The van der Waals surface area contributed by atoms with Crippen LogP contribution >= 0.6 is 11.3 Å². The number of nitrogens with one attached hydrogen (secondary N) is 1. The van der Waals surface area contributed by atoms with Crippen molar-refractivity contribution in [3.05, 3.63) is 5.01 Å². The largest absolute Gasteiger partial charge is 0.384 e. The minimum absolute atomic E-state index is 0.671. The lowest BCUT2D eigenvalue weighted by atomic mass is 9.99. The summed E-state index contributed by atoms with van der Waals surface area (Å²) < 4.78 is 5.27. The molecule has 1 unspecified atom stereocenters. The second-order valence-electron chi connectivity index (χ2n) is 5.13. The summed E-state index contributed by atoms with van der Waals surface area (Å²) in [5, 5.41) is 13.8. The van der Waals surface area contributed by atoms with E-state index in [1.54, 1.807) is 18.4 Å². The number of hydrogen-bond acceptors (Lipinski definition) is 6. The van der Waals surface area contributed by atoms with Crippen LogP contribution in [-0.4, -0.2) is 48.4 Å². The van der Waals surface area contributed by atoms with Crippen LogP contribution in [0.4, 0.5) is 5.13 Å². The van der Waals surface area contributed by atoms with Gasteiger partial charge in [-0.05, 0) is 31.7 Å². The van der Waals surface area contributed by atoms with Crippen LogP contribution in [0.3, 0.4) is 0 Å². The summed E-state index contributed by atoms with van der Waals surface area (Å²) in [5.41, 5.74) is 0. The number of nitrogens with zero attached hydrogens (tertiary/aromatic N) is 3. The Kier molecular flexibility index (Phi) is 6.00. The van der Waals surface area contributed by atoms with Crippen LogP contribution in [0, 0.1) is 5.92 Å². The monoisotopic (exact) mass is 284 g/mol. The molecule has 1 aliphatic heterocycles. The molecule has 1 saturated heterocycles. The first-order chi connectivity index (χ1) is 9.31. The molecule has 1 N–H and O–H groups in total. The molecule has 19 heavy (non-hydrogen) atoms. The van der Waals surface area contributed by atoms with E-state index >= 15 is 0 Å². The average Bonchev–Trinajstić information content (AvgIpc) is 2.85. The highest BCUT2D eigenvalue weighted by Gasteiger charge is 2.20. The van der Waals surface area contributed by atoms with Gasteiger partial charge in [-0.25, -0.2) is 0 Å². The Balaban J connectivity index is 1.81. The van der Waals surface area contributed by atoms with Gasteiger partial charge in [0.1, 0.15) is 5.01 Å². The first kappa shape index (κ1) is 14.7. The zero-order chi connectivity index (χ0) is 13.5. The molecular weight excluding hydrogens is 260 g/mol. The van der Waals surface area contributed by atoms with Crippen molar-refractivity contribution < 1.29 is 4.74 Å². The first-order valence-electron chi connectivity index (χ1n) is 7.09. The molecular formula is C13H24N4OS. The van der Waals surface area contributed by atoms with Gasteiger partial charge in [0.05, 0.1) is 13.2 Å². The van der Waals surface area contributed by atoms with E-state index in [4.69, 9.17) is 4.74 Å². The minimum atomic E-state index is 0.671. The Morgan fingerprint density at radius 1 is 1.47 bits per heavy atom. The molecule has 1 aliphatic rings. The third-order valence-corrected chi connectivity index (χ3v) is 4.22. The van der Waals surface area contributed by atoms with Gasteiger partial charge < -0.3 is 10.1 Å². The number of hydrogen-bond donors (Lipinski definition) is 1. The fourth-order valence-corrected chi connectivity index (χ4v) is 3.29. The van der Waals surface area contributed by atoms with Gasteiger partial charge in [-0.15, -0.1) is 10.2 Å². The van der Waals surface area contributed by atoms with Crippen molar-refractivity contribution in [1.82, 2.24) is 15.1 Å². The van der Waals surface area contributed by atoms with Gasteiger partial charge in [0.2, 0.25) is 5.13 Å². The maximum atomic E-state index is 5.27. The molecule has 1 atom stereocenters. The van der Waals surface area contributed by atoms with Crippen LogP contribution in [0.1, 0.15) is 31.2 Å². The Morgan fingerprint density at radius 3 is 3.16 bits per heavy atom. The maximum Gasteiger partial charge on any atom is 0.205 e. The topological polar surface area (TPSA) is 50.3 Å². The van der Waals surface area contributed by atoms with Crippen molar-refractivity contribution in [1.29, 1.82) is 0 Å². The molecule has 0 radical (unpaired) electrons. The van der Waals surface area contributed by atoms with Crippen LogP contribution in [-0.2, 0) is 11.3 Å². The Labute approximate surface area is 119 Å². The molecule has 0 aromatic carbocycles. The van der Waals surface area contributed by atoms with Crippen molar-refractivity contribution in [2.45, 2.75) is 32.7 Å². The molecule has 0 amide bonds. The van der Waals surface area contributed by atoms with Crippen molar-refractivity contribution in [2.24, 2.45) is 5.92 Å². The second-order valence-corrected chi connectivity index (χ2v) is 6.19. The molecule has 0 spiro atoms. The van der Waals surface area contributed by atoms with E-state index in [1.165, 1.54) is 12.8 Å². The normalized spacial score (nSPS) is 20.6. The van der Waals surface area contributed by atoms with Crippen LogP contribution in [0.15, 0.2) is 0 Å². The van der Waals surface area contributed by atoms with E-state index in [-0.39, 0.29) is 0 Å². The van der Waals surface area contributed by atoms with Crippen LogP contribution < -0.4 is 5.32 Å². The average molecular weight is 284 g/mol. The summed E-state index contributed by atoms with van der Waals surface area (Å²) >= 11 is 1.67. The smallest absolute Gasteiger partial charge is 0.205 e. The maximum absolute atomic E-state index is 5.27. The van der Waals surface area contributed by atoms with Crippen molar-refractivity contribution >= 4 is 16.5 Å². The first-order valence-corrected chi connectivity index (χ1v) is 7.91. The molecule has 5 nitrogen and oxygen atoms in total. The van der Waals surface area contributed by atoms with Crippen molar-refractivity contribution in [2.75, 3.05) is 38.7 Å². The van der Waals surface area contributed by atoms with Crippen LogP contribution in [0.25, 0.3) is 0 Å². The predicted octanol–water partition coefficient (Wildman–Crippen LogP) is 2.22. The summed E-state index contributed by atoms with van der Waals surface area (Å²) in [4.78, 5) is 2.47. The highest BCUT2D eigenvalue weighted by molar-refractivity contribution is 7.15. The summed E-state index contributed by atoms with van der Waals surface area (Å²) in [5.74, 6) is 0.671. The number of ether oxygens (including phenoxy) is 1. The van der Waals surface area contributed by atoms with E-state index in [0.29, 0.717) is 5.92 Å². The van der Waals surface area contributed by atoms with Gasteiger partial charge in [-0.1, -0.05) is 18.3 Å². The van der Waals surface area contributed by atoms with Crippen molar-refractivity contribution in [3.63, 3.8) is 0 Å². The standard InChI is InChI=1S/C13H24N4OS/c1-3-6-14-13-16-15-12(19-13)9-17-7-4-5-11(8-17)10-18-2/h11H,3-10H2,1-2H3,(H,14,16). The SMILES string of the molecule is CCCNc1nnc(CN2CCCC(COC)C2)s1. The summed E-state index contributed by atoms with van der Waals surface area (Å²) in [6.07, 6.45) is 3.65. The molecule has 6 heteroatoms. The lowest BCUT2D eigenvalue weighted by Gasteiger charge is -2.31. The summed E-state index contributed by atoms with van der Waals surface area (Å²) in [6.45, 7) is 7.19. The fraction of sp³-hybridized carbons (Fsp3) is 0.846. The van der Waals surface area contributed by atoms with Crippen LogP contribution in [0.2, 0.25) is 0 Å². The Morgan fingerprint density at radius 2 is 2.37 bits per heavy atom. The molecule has 0 aliphatic carbocycles. The number of piperidine rings is 1. The van der Waals surface area contributed by atoms with E-state index in [1.807, 2.05) is 0 Å². The Hall–Kier alpha value is -0.720. The number of methoxy groups -OCH3 is 1. The van der Waals surface area contributed by atoms with Gasteiger partial charge in [0, 0.05) is 20.2 Å².